The fraction of sp³-hybridized carbons (Fsp3) is 0.167. The van der Waals surface area contributed by atoms with Gasteiger partial charge in [0, 0.05) is 27.0 Å². The van der Waals surface area contributed by atoms with Crippen LogP contribution >= 0.6 is 38.9 Å². The number of urea groups is 1. The molecule has 3 N–H and O–H groups in total. The van der Waals surface area contributed by atoms with Crippen molar-refractivity contribution < 1.29 is 14.3 Å². The van der Waals surface area contributed by atoms with E-state index in [2.05, 4.69) is 31.5 Å². The molecule has 0 radical (unpaired) electrons. The van der Waals surface area contributed by atoms with E-state index in [0.717, 1.165) is 15.8 Å². The lowest BCUT2D eigenvalue weighted by Crippen LogP contribution is -2.26. The second kappa shape index (κ2) is 8.41. The van der Waals surface area contributed by atoms with Gasteiger partial charge in [0.1, 0.15) is 0 Å². The molecule has 5 rings (SSSR count). The second-order valence-electron chi connectivity index (χ2n) is 8.61. The van der Waals surface area contributed by atoms with Gasteiger partial charge < -0.3 is 15.3 Å². The van der Waals surface area contributed by atoms with E-state index in [1.807, 2.05) is 30.9 Å². The van der Waals surface area contributed by atoms with Crippen molar-refractivity contribution in [3.8, 4) is 5.75 Å². The van der Waals surface area contributed by atoms with E-state index in [9.17, 15) is 14.3 Å². The first-order valence-corrected chi connectivity index (χ1v) is 12.3. The average Bonchev–Trinajstić information content (AvgIpc) is 3.29. The van der Waals surface area contributed by atoms with Gasteiger partial charge in [-0.15, -0.1) is 0 Å². The first kappa shape index (κ1) is 22.9. The van der Waals surface area contributed by atoms with Gasteiger partial charge >= 0.3 is 6.03 Å². The number of phenolic OH excluding ortho intramolecular Hbond substituents is 1. The van der Waals surface area contributed by atoms with Crippen LogP contribution in [0.4, 0.5) is 31.4 Å². The molecule has 0 saturated carbocycles. The van der Waals surface area contributed by atoms with Crippen LogP contribution in [0, 0.1) is 5.82 Å². The molecule has 6 nitrogen and oxygen atoms in total. The van der Waals surface area contributed by atoms with Gasteiger partial charge in [0.05, 0.1) is 27.3 Å². The summed E-state index contributed by atoms with van der Waals surface area (Å²) < 4.78 is 15.9. The lowest BCUT2D eigenvalue weighted by atomic mass is 9.87. The number of fused-ring (bicyclic) bond motifs is 2. The van der Waals surface area contributed by atoms with Crippen molar-refractivity contribution in [2.24, 2.45) is 0 Å². The summed E-state index contributed by atoms with van der Waals surface area (Å²) in [4.78, 5) is 19.1. The van der Waals surface area contributed by atoms with Crippen LogP contribution in [0.2, 0.25) is 5.02 Å². The SMILES string of the molecule is CC1(C)CN(c2ccccc2NC(=O)Nc2nc3ccc(Cl)cc3s2)c2c(O)c(F)cc(Br)c21. The Balaban J connectivity index is 1.46. The number of halogens is 3. The predicted molar refractivity (Wildman–Crippen MR) is 140 cm³/mol. The molecule has 3 aromatic carbocycles. The Kier molecular flexibility index (Phi) is 5.66. The number of para-hydroxylation sites is 2. The highest BCUT2D eigenvalue weighted by molar-refractivity contribution is 9.10. The maximum Gasteiger partial charge on any atom is 0.325 e. The van der Waals surface area contributed by atoms with Gasteiger partial charge in [-0.05, 0) is 36.4 Å². The molecule has 1 aliphatic heterocycles. The number of carbonyl (C=O) groups is 1. The van der Waals surface area contributed by atoms with E-state index in [1.165, 1.54) is 17.4 Å². The number of aromatic nitrogens is 1. The highest BCUT2D eigenvalue weighted by Gasteiger charge is 2.41. The third kappa shape index (κ3) is 3.97. The zero-order valence-electron chi connectivity index (χ0n) is 18.1. The van der Waals surface area contributed by atoms with Crippen molar-refractivity contribution in [2.75, 3.05) is 22.1 Å². The molecule has 2 amide bonds. The number of hydrogen-bond acceptors (Lipinski definition) is 5. The van der Waals surface area contributed by atoms with E-state index in [4.69, 9.17) is 11.6 Å². The number of hydrogen-bond donors (Lipinski definition) is 3. The Morgan fingerprint density at radius 3 is 2.79 bits per heavy atom. The Morgan fingerprint density at radius 2 is 2.00 bits per heavy atom. The fourth-order valence-electron chi connectivity index (χ4n) is 4.28. The normalized spacial score (nSPS) is 14.3. The van der Waals surface area contributed by atoms with E-state index < -0.39 is 17.6 Å². The number of rotatable bonds is 3. The second-order valence-corrected chi connectivity index (χ2v) is 10.9. The lowest BCUT2D eigenvalue weighted by Gasteiger charge is -2.25. The minimum absolute atomic E-state index is 0.378. The maximum absolute atomic E-state index is 14.4. The Morgan fingerprint density at radius 1 is 1.24 bits per heavy atom. The van der Waals surface area contributed by atoms with E-state index in [0.29, 0.717) is 38.2 Å². The van der Waals surface area contributed by atoms with Crippen LogP contribution in [-0.4, -0.2) is 22.7 Å². The van der Waals surface area contributed by atoms with Crippen LogP contribution in [-0.2, 0) is 5.41 Å². The lowest BCUT2D eigenvalue weighted by molar-refractivity contribution is 0.262. The first-order valence-electron chi connectivity index (χ1n) is 10.4. The molecule has 174 valence electrons. The van der Waals surface area contributed by atoms with Crippen molar-refractivity contribution in [3.05, 3.63) is 69.4 Å². The van der Waals surface area contributed by atoms with E-state index in [1.54, 1.807) is 30.3 Å². The van der Waals surface area contributed by atoms with Crippen LogP contribution in [0.1, 0.15) is 19.4 Å². The zero-order valence-corrected chi connectivity index (χ0v) is 21.3. The van der Waals surface area contributed by atoms with Crippen molar-refractivity contribution in [1.82, 2.24) is 4.98 Å². The number of benzene rings is 3. The summed E-state index contributed by atoms with van der Waals surface area (Å²) in [6, 6.07) is 13.3. The number of aromatic hydroxyl groups is 1. The zero-order chi connectivity index (χ0) is 24.2. The number of carbonyl (C=O) groups excluding carboxylic acids is 1. The molecule has 1 aliphatic rings. The molecule has 0 unspecified atom stereocenters. The van der Waals surface area contributed by atoms with Crippen LogP contribution in [0.5, 0.6) is 5.75 Å². The number of anilines is 4. The maximum atomic E-state index is 14.4. The minimum atomic E-state index is -0.715. The van der Waals surface area contributed by atoms with Gasteiger partial charge in [-0.2, -0.15) is 0 Å². The number of nitrogens with zero attached hydrogens (tertiary/aromatic N) is 2. The number of nitrogens with one attached hydrogen (secondary N) is 2. The van der Waals surface area contributed by atoms with Gasteiger partial charge in [-0.1, -0.05) is 64.8 Å². The van der Waals surface area contributed by atoms with Crippen molar-refractivity contribution in [2.45, 2.75) is 19.3 Å². The van der Waals surface area contributed by atoms with Crippen molar-refractivity contribution >= 4 is 77.3 Å². The molecule has 4 aromatic rings. The van der Waals surface area contributed by atoms with Gasteiger partial charge in [0.2, 0.25) is 0 Å². The number of amides is 2. The Bertz CT molecular complexity index is 1460. The summed E-state index contributed by atoms with van der Waals surface area (Å²) in [5.74, 6) is -1.14. The summed E-state index contributed by atoms with van der Waals surface area (Å²) in [7, 11) is 0. The van der Waals surface area contributed by atoms with Gasteiger partial charge in [0.25, 0.3) is 0 Å². The number of thiazole rings is 1. The van der Waals surface area contributed by atoms with Crippen LogP contribution in [0.15, 0.2) is 53.0 Å². The quantitative estimate of drug-likeness (QED) is 0.240. The summed E-state index contributed by atoms with van der Waals surface area (Å²) in [5, 5.41) is 17.3. The molecular weight excluding hydrogens is 543 g/mol. The van der Waals surface area contributed by atoms with Crippen molar-refractivity contribution in [3.63, 3.8) is 0 Å². The topological polar surface area (TPSA) is 77.5 Å². The number of phenols is 1. The predicted octanol–water partition coefficient (Wildman–Crippen LogP) is 7.63. The molecule has 34 heavy (non-hydrogen) atoms. The summed E-state index contributed by atoms with van der Waals surface area (Å²) in [6.07, 6.45) is 0. The summed E-state index contributed by atoms with van der Waals surface area (Å²) >= 11 is 10.8. The van der Waals surface area contributed by atoms with Crippen molar-refractivity contribution in [1.29, 1.82) is 0 Å². The third-order valence-corrected chi connectivity index (χ3v) is 7.49. The highest BCUT2D eigenvalue weighted by Crippen LogP contribution is 2.53. The smallest absolute Gasteiger partial charge is 0.325 e. The molecule has 0 aliphatic carbocycles. The van der Waals surface area contributed by atoms with E-state index >= 15 is 0 Å². The Labute approximate surface area is 212 Å². The molecule has 0 atom stereocenters. The van der Waals surface area contributed by atoms with Gasteiger partial charge in [0.15, 0.2) is 16.7 Å². The van der Waals surface area contributed by atoms with Gasteiger partial charge in [-0.3, -0.25) is 5.32 Å². The molecular formula is C24H19BrClFN4O2S. The average molecular weight is 562 g/mol. The molecule has 2 heterocycles. The fourth-order valence-corrected chi connectivity index (χ4v) is 6.34. The van der Waals surface area contributed by atoms with Crippen LogP contribution in [0.3, 0.4) is 0 Å². The first-order chi connectivity index (χ1) is 16.1. The summed E-state index contributed by atoms with van der Waals surface area (Å²) in [5.41, 5.74) is 2.69. The summed E-state index contributed by atoms with van der Waals surface area (Å²) in [6.45, 7) is 4.53. The largest absolute Gasteiger partial charge is 0.503 e. The molecule has 10 heteroatoms. The Hall–Kier alpha value is -2.88. The molecule has 0 fully saturated rings. The molecule has 0 bridgehead atoms. The molecule has 0 spiro atoms. The monoisotopic (exact) mass is 560 g/mol. The minimum Gasteiger partial charge on any atom is -0.503 e. The third-order valence-electron chi connectivity index (χ3n) is 5.69. The molecule has 1 aromatic heterocycles. The van der Waals surface area contributed by atoms with Crippen LogP contribution < -0.4 is 15.5 Å². The standard InChI is InChI=1S/C24H19BrClFN4O2S/c1-24(2)11-31(20-19(24)13(25)10-14(27)21(20)32)17-6-4-3-5-15(17)28-22(33)30-23-29-16-8-7-12(26)9-18(16)34-23/h3-10,32H,11H2,1-2H3,(H2,28,29,30,33). The highest BCUT2D eigenvalue weighted by atomic mass is 79.9. The van der Waals surface area contributed by atoms with E-state index in [-0.39, 0.29) is 5.41 Å². The molecule has 0 saturated heterocycles. The van der Waals surface area contributed by atoms with Gasteiger partial charge in [-0.25, -0.2) is 14.2 Å². The van der Waals surface area contributed by atoms with Crippen LogP contribution in [0.25, 0.3) is 10.2 Å².